The van der Waals surface area contributed by atoms with Gasteiger partial charge in [0.15, 0.2) is 0 Å². The molecule has 50 heavy (non-hydrogen) atoms. The lowest BCUT2D eigenvalue weighted by molar-refractivity contribution is 0.304. The minimum absolute atomic E-state index is 0.736. The van der Waals surface area contributed by atoms with Crippen LogP contribution in [0.2, 0.25) is 0 Å². The molecule has 0 aliphatic rings. The molecule has 0 spiro atoms. The second-order valence-corrected chi connectivity index (χ2v) is 13.6. The van der Waals surface area contributed by atoms with E-state index in [-0.39, 0.29) is 0 Å². The Labute approximate surface area is 303 Å². The molecule has 2 aromatic heterocycles. The number of nitrogens with zero attached hydrogens (tertiary/aromatic N) is 5. The van der Waals surface area contributed by atoms with Crippen LogP contribution in [0.15, 0.2) is 66.9 Å². The van der Waals surface area contributed by atoms with E-state index >= 15 is 0 Å². The zero-order chi connectivity index (χ0) is 34.6. The topological polar surface area (TPSA) is 75.0 Å². The fourth-order valence-electron chi connectivity index (χ4n) is 6.01. The van der Waals surface area contributed by atoms with E-state index in [0.29, 0.717) is 0 Å². The summed E-state index contributed by atoms with van der Waals surface area (Å²) in [7, 11) is 0. The van der Waals surface area contributed by atoms with E-state index in [2.05, 4.69) is 44.7 Å². The molecule has 0 unspecified atom stereocenters. The molecule has 0 amide bonds. The van der Waals surface area contributed by atoms with E-state index in [1.165, 1.54) is 102 Å². The quantitative estimate of drug-likeness (QED) is 0.0531. The third-order valence-electron chi connectivity index (χ3n) is 9.02. The van der Waals surface area contributed by atoms with Gasteiger partial charge in [-0.25, -0.2) is 4.68 Å². The van der Waals surface area contributed by atoms with Crippen molar-refractivity contribution in [2.24, 2.45) is 0 Å². The van der Waals surface area contributed by atoms with Crippen LogP contribution in [0.5, 0.6) is 11.5 Å². The van der Waals surface area contributed by atoms with Gasteiger partial charge in [0.2, 0.25) is 0 Å². The van der Waals surface area contributed by atoms with E-state index in [9.17, 15) is 0 Å². The molecule has 5 aromatic rings. The number of ether oxygens (including phenoxy) is 2. The summed E-state index contributed by atoms with van der Waals surface area (Å²) in [5, 5.41) is 8.87. The van der Waals surface area contributed by atoms with Gasteiger partial charge in [0.1, 0.15) is 28.2 Å². The smallest absolute Gasteiger partial charge is 0.121 e. The molecule has 3 aromatic carbocycles. The van der Waals surface area contributed by atoms with Crippen LogP contribution in [0, 0.1) is 11.8 Å². The predicted octanol–water partition coefficient (Wildman–Crippen LogP) is 11.4. The van der Waals surface area contributed by atoms with Crippen molar-refractivity contribution in [2.45, 2.75) is 117 Å². The number of hydrogen-bond acceptors (Lipinski definition) is 7. The highest BCUT2D eigenvalue weighted by Crippen LogP contribution is 2.29. The zero-order valence-corrected chi connectivity index (χ0v) is 30.9. The van der Waals surface area contributed by atoms with Crippen molar-refractivity contribution in [1.82, 2.24) is 23.7 Å². The van der Waals surface area contributed by atoms with E-state index in [4.69, 9.17) is 9.47 Å². The van der Waals surface area contributed by atoms with Gasteiger partial charge in [-0.05, 0) is 73.5 Å². The first-order valence-corrected chi connectivity index (χ1v) is 19.6. The lowest BCUT2D eigenvalue weighted by Crippen LogP contribution is -1.98. The molecule has 8 heteroatoms. The standard InChI is InChI=1S/C42H53N5O2S/c1-3-5-7-9-11-13-15-17-31-48-37-26-20-34(21-27-37)19-22-35-23-30-39(42-41(35)44-50-45-42)40-33-47(46-43-40)36-24-28-38(29-25-36)49-32-18-16-14-12-10-8-6-4-2/h20-21,23-30,33H,3-18,31-32H2,1-2H3. The SMILES string of the molecule is CCCCCCCCCCOc1ccc(C#Cc2ccc(-c3cn(-c4ccc(OCCCCCCCCCC)cc4)nn3)c3nsnc23)cc1. The molecule has 0 aliphatic heterocycles. The molecular formula is C42H53N5O2S. The Kier molecular flexibility index (Phi) is 15.6. The number of benzene rings is 3. The summed E-state index contributed by atoms with van der Waals surface area (Å²) in [5.74, 6) is 8.35. The minimum Gasteiger partial charge on any atom is -0.494 e. The summed E-state index contributed by atoms with van der Waals surface area (Å²) in [6, 6.07) is 20.0. The Balaban J connectivity index is 1.10. The van der Waals surface area contributed by atoms with Crippen molar-refractivity contribution in [3.63, 3.8) is 0 Å². The molecule has 0 N–H and O–H groups in total. The highest BCUT2D eigenvalue weighted by Gasteiger charge is 2.14. The third kappa shape index (κ3) is 11.7. The average molecular weight is 692 g/mol. The maximum atomic E-state index is 5.98. The molecule has 0 bridgehead atoms. The third-order valence-corrected chi connectivity index (χ3v) is 9.54. The normalized spacial score (nSPS) is 11.1. The van der Waals surface area contributed by atoms with E-state index < -0.39 is 0 Å². The monoisotopic (exact) mass is 691 g/mol. The summed E-state index contributed by atoms with van der Waals surface area (Å²) < 4.78 is 22.9. The summed E-state index contributed by atoms with van der Waals surface area (Å²) in [4.78, 5) is 0. The molecule has 264 valence electrons. The fourth-order valence-corrected chi connectivity index (χ4v) is 6.58. The summed E-state index contributed by atoms with van der Waals surface area (Å²) >= 11 is 1.18. The summed E-state index contributed by atoms with van der Waals surface area (Å²) in [6.45, 7) is 6.03. The minimum atomic E-state index is 0.736. The first-order valence-electron chi connectivity index (χ1n) is 18.9. The first kappa shape index (κ1) is 37.0. The molecule has 2 heterocycles. The average Bonchev–Trinajstić information content (AvgIpc) is 3.85. The maximum Gasteiger partial charge on any atom is 0.121 e. The second kappa shape index (κ2) is 21.1. The second-order valence-electron chi connectivity index (χ2n) is 13.1. The van der Waals surface area contributed by atoms with Crippen LogP contribution in [-0.4, -0.2) is 37.0 Å². The van der Waals surface area contributed by atoms with Gasteiger partial charge in [-0.3, -0.25) is 0 Å². The fraction of sp³-hybridized carbons (Fsp3) is 0.476. The lowest BCUT2D eigenvalue weighted by Gasteiger charge is -2.07. The van der Waals surface area contributed by atoms with Crippen LogP contribution in [0.1, 0.15) is 128 Å². The van der Waals surface area contributed by atoms with Crippen LogP contribution in [-0.2, 0) is 0 Å². The Hall–Kier alpha value is -4.22. The van der Waals surface area contributed by atoms with Gasteiger partial charge in [-0.15, -0.1) is 5.10 Å². The molecule has 0 aliphatic carbocycles. The van der Waals surface area contributed by atoms with Gasteiger partial charge in [0, 0.05) is 11.1 Å². The zero-order valence-electron chi connectivity index (χ0n) is 30.0. The molecule has 7 nitrogen and oxygen atoms in total. The summed E-state index contributed by atoms with van der Waals surface area (Å²) in [6.07, 6.45) is 22.6. The Bertz CT molecular complexity index is 1750. The molecule has 0 radical (unpaired) electrons. The van der Waals surface area contributed by atoms with Gasteiger partial charge in [0.05, 0.1) is 42.4 Å². The highest BCUT2D eigenvalue weighted by molar-refractivity contribution is 7.00. The van der Waals surface area contributed by atoms with Crippen LogP contribution in [0.3, 0.4) is 0 Å². The van der Waals surface area contributed by atoms with Gasteiger partial charge in [-0.2, -0.15) is 8.75 Å². The van der Waals surface area contributed by atoms with Gasteiger partial charge in [-0.1, -0.05) is 121 Å². The Morgan fingerprint density at radius 3 is 1.72 bits per heavy atom. The van der Waals surface area contributed by atoms with Crippen molar-refractivity contribution < 1.29 is 9.47 Å². The predicted molar refractivity (Wildman–Crippen MR) is 206 cm³/mol. The van der Waals surface area contributed by atoms with Crippen molar-refractivity contribution in [1.29, 1.82) is 0 Å². The largest absolute Gasteiger partial charge is 0.494 e. The number of fused-ring (bicyclic) bond motifs is 1. The number of unbranched alkanes of at least 4 members (excludes halogenated alkanes) is 14. The van der Waals surface area contributed by atoms with Crippen LogP contribution in [0.4, 0.5) is 0 Å². The van der Waals surface area contributed by atoms with Crippen LogP contribution >= 0.6 is 11.7 Å². The Morgan fingerprint density at radius 2 is 1.12 bits per heavy atom. The lowest BCUT2D eigenvalue weighted by atomic mass is 10.1. The molecule has 5 rings (SSSR count). The number of rotatable bonds is 22. The Morgan fingerprint density at radius 1 is 0.580 bits per heavy atom. The van der Waals surface area contributed by atoms with Gasteiger partial charge >= 0.3 is 0 Å². The van der Waals surface area contributed by atoms with E-state index in [0.717, 1.165) is 76.7 Å². The summed E-state index contributed by atoms with van der Waals surface area (Å²) in [5.41, 5.74) is 5.86. The number of hydrogen-bond donors (Lipinski definition) is 0. The van der Waals surface area contributed by atoms with Crippen molar-refractivity contribution >= 4 is 22.8 Å². The van der Waals surface area contributed by atoms with Crippen LogP contribution < -0.4 is 9.47 Å². The first-order chi connectivity index (χ1) is 24.7. The molecule has 0 saturated heterocycles. The van der Waals surface area contributed by atoms with Crippen molar-refractivity contribution in [3.05, 3.63) is 78.0 Å². The highest BCUT2D eigenvalue weighted by atomic mass is 32.1. The van der Waals surface area contributed by atoms with Crippen molar-refractivity contribution in [3.8, 4) is 40.3 Å². The van der Waals surface area contributed by atoms with Gasteiger partial charge in [0.25, 0.3) is 0 Å². The molecule has 0 saturated carbocycles. The van der Waals surface area contributed by atoms with Gasteiger partial charge < -0.3 is 9.47 Å². The molecular weight excluding hydrogens is 639 g/mol. The van der Waals surface area contributed by atoms with Crippen LogP contribution in [0.25, 0.3) is 28.0 Å². The molecule has 0 atom stereocenters. The van der Waals surface area contributed by atoms with Crippen molar-refractivity contribution in [2.75, 3.05) is 13.2 Å². The van der Waals surface area contributed by atoms with E-state index in [1.807, 2.05) is 66.9 Å². The maximum absolute atomic E-state index is 5.98. The molecule has 0 fully saturated rings. The van der Waals surface area contributed by atoms with E-state index in [1.54, 1.807) is 4.68 Å². The number of aromatic nitrogens is 5.